The standard InChI is InChI=1S/C16H26N4O2/c1-10(2)7-17-15(22)20-8-12-5-6-16(13(12)9-20)14(21)19(4)11(3)18-16/h10,12-13H,5-9H2,1-4H3,(H,17,22)/t12-,13+,16-/m0/s1. The number of nitrogens with one attached hydrogen (secondary N) is 1. The van der Waals surface area contributed by atoms with E-state index in [-0.39, 0.29) is 17.9 Å². The van der Waals surface area contributed by atoms with Crippen LogP contribution in [0.4, 0.5) is 4.79 Å². The van der Waals surface area contributed by atoms with E-state index in [4.69, 9.17) is 4.99 Å². The maximum atomic E-state index is 12.7. The van der Waals surface area contributed by atoms with E-state index in [0.717, 1.165) is 25.2 Å². The van der Waals surface area contributed by atoms with Gasteiger partial charge in [0.25, 0.3) is 5.91 Å². The number of amidine groups is 1. The predicted octanol–water partition coefficient (Wildman–Crippen LogP) is 1.32. The average Bonchev–Trinajstić information content (AvgIpc) is 3.09. The van der Waals surface area contributed by atoms with Gasteiger partial charge in [-0.25, -0.2) is 4.79 Å². The Bertz CT molecular complexity index is 530. The van der Waals surface area contributed by atoms with Crippen LogP contribution < -0.4 is 5.32 Å². The van der Waals surface area contributed by atoms with E-state index < -0.39 is 5.54 Å². The van der Waals surface area contributed by atoms with E-state index in [9.17, 15) is 9.59 Å². The highest BCUT2D eigenvalue weighted by molar-refractivity contribution is 6.07. The first-order chi connectivity index (χ1) is 10.3. The number of rotatable bonds is 2. The summed E-state index contributed by atoms with van der Waals surface area (Å²) in [5.74, 6) is 1.92. The molecule has 2 fully saturated rings. The fourth-order valence-electron chi connectivity index (χ4n) is 4.12. The van der Waals surface area contributed by atoms with Gasteiger partial charge >= 0.3 is 6.03 Å². The number of urea groups is 1. The molecule has 0 aromatic rings. The number of likely N-dealkylation sites (tertiary alicyclic amines) is 1. The van der Waals surface area contributed by atoms with Gasteiger partial charge in [0.15, 0.2) is 0 Å². The van der Waals surface area contributed by atoms with Gasteiger partial charge in [-0.05, 0) is 31.6 Å². The van der Waals surface area contributed by atoms with Crippen LogP contribution >= 0.6 is 0 Å². The van der Waals surface area contributed by atoms with E-state index in [1.54, 1.807) is 11.9 Å². The lowest BCUT2D eigenvalue weighted by molar-refractivity contribution is -0.131. The van der Waals surface area contributed by atoms with Gasteiger partial charge < -0.3 is 15.1 Å². The van der Waals surface area contributed by atoms with Crippen LogP contribution in [-0.2, 0) is 4.79 Å². The fourth-order valence-corrected chi connectivity index (χ4v) is 4.12. The third kappa shape index (κ3) is 2.20. The van der Waals surface area contributed by atoms with E-state index in [0.29, 0.717) is 24.9 Å². The highest BCUT2D eigenvalue weighted by Gasteiger charge is 2.60. The number of hydrogen-bond donors (Lipinski definition) is 1. The van der Waals surface area contributed by atoms with Crippen molar-refractivity contribution >= 4 is 17.8 Å². The monoisotopic (exact) mass is 306 g/mol. The van der Waals surface area contributed by atoms with Crippen molar-refractivity contribution in [2.45, 2.75) is 39.2 Å². The van der Waals surface area contributed by atoms with Crippen molar-refractivity contribution in [1.82, 2.24) is 15.1 Å². The number of fused-ring (bicyclic) bond motifs is 2. The SMILES string of the molecule is CC1=N[C@]2(CC[C@H]3CN(C(=O)NCC(C)C)C[C@H]32)C(=O)N1C. The van der Waals surface area contributed by atoms with Crippen LogP contribution in [0.3, 0.4) is 0 Å². The van der Waals surface area contributed by atoms with Crippen LogP contribution in [0.1, 0.15) is 33.6 Å². The Labute approximate surface area is 131 Å². The van der Waals surface area contributed by atoms with Crippen molar-refractivity contribution in [2.75, 3.05) is 26.7 Å². The molecule has 3 aliphatic rings. The normalized spacial score (nSPS) is 33.9. The second kappa shape index (κ2) is 5.25. The lowest BCUT2D eigenvalue weighted by atomic mass is 9.85. The van der Waals surface area contributed by atoms with Crippen LogP contribution in [0.2, 0.25) is 0 Å². The van der Waals surface area contributed by atoms with E-state index in [1.807, 2.05) is 11.8 Å². The lowest BCUT2D eigenvalue weighted by Crippen LogP contribution is -2.46. The smallest absolute Gasteiger partial charge is 0.317 e. The summed E-state index contributed by atoms with van der Waals surface area (Å²) in [6.07, 6.45) is 1.80. The molecule has 6 heteroatoms. The molecule has 1 saturated carbocycles. The molecule has 122 valence electrons. The van der Waals surface area contributed by atoms with Crippen LogP contribution in [-0.4, -0.2) is 59.8 Å². The van der Waals surface area contributed by atoms with E-state index >= 15 is 0 Å². The van der Waals surface area contributed by atoms with Gasteiger partial charge in [0.2, 0.25) is 0 Å². The summed E-state index contributed by atoms with van der Waals surface area (Å²) in [4.78, 5) is 33.2. The summed E-state index contributed by atoms with van der Waals surface area (Å²) in [7, 11) is 1.80. The number of nitrogens with zero attached hydrogens (tertiary/aromatic N) is 3. The minimum absolute atomic E-state index is 0.00208. The minimum Gasteiger partial charge on any atom is -0.338 e. The van der Waals surface area contributed by atoms with Gasteiger partial charge in [-0.2, -0.15) is 0 Å². The van der Waals surface area contributed by atoms with Crippen molar-refractivity contribution < 1.29 is 9.59 Å². The summed E-state index contributed by atoms with van der Waals surface area (Å²) < 4.78 is 0. The third-order valence-electron chi connectivity index (χ3n) is 5.42. The number of carbonyl (C=O) groups excluding carboxylic acids is 2. The first-order valence-corrected chi connectivity index (χ1v) is 8.22. The summed E-state index contributed by atoms with van der Waals surface area (Å²) in [5, 5.41) is 2.98. The number of likely N-dealkylation sites (N-methyl/N-ethyl adjacent to an activating group) is 1. The molecule has 1 N–H and O–H groups in total. The lowest BCUT2D eigenvalue weighted by Gasteiger charge is -2.27. The van der Waals surface area contributed by atoms with Crippen molar-refractivity contribution in [1.29, 1.82) is 0 Å². The number of amides is 3. The zero-order chi connectivity index (χ0) is 16.1. The number of aliphatic imine (C=N–C) groups is 1. The Morgan fingerprint density at radius 3 is 2.77 bits per heavy atom. The highest BCUT2D eigenvalue weighted by atomic mass is 16.2. The molecule has 1 spiro atoms. The van der Waals surface area contributed by atoms with Crippen LogP contribution in [0.5, 0.6) is 0 Å². The summed E-state index contributed by atoms with van der Waals surface area (Å²) in [6.45, 7) is 8.14. The molecular weight excluding hydrogens is 280 g/mol. The first-order valence-electron chi connectivity index (χ1n) is 8.22. The van der Waals surface area contributed by atoms with Gasteiger partial charge in [-0.15, -0.1) is 0 Å². The average molecular weight is 306 g/mol. The molecule has 0 aromatic carbocycles. The Kier molecular flexibility index (Phi) is 3.65. The van der Waals surface area contributed by atoms with Gasteiger partial charge in [0, 0.05) is 32.6 Å². The van der Waals surface area contributed by atoms with Gasteiger partial charge in [0.05, 0.1) is 0 Å². The van der Waals surface area contributed by atoms with Crippen molar-refractivity contribution in [2.24, 2.45) is 22.7 Å². The summed E-state index contributed by atoms with van der Waals surface area (Å²) in [5.41, 5.74) is -0.601. The Morgan fingerprint density at radius 2 is 2.18 bits per heavy atom. The second-order valence-corrected chi connectivity index (χ2v) is 7.34. The minimum atomic E-state index is -0.601. The molecule has 0 aromatic heterocycles. The van der Waals surface area contributed by atoms with E-state index in [1.165, 1.54) is 0 Å². The molecule has 3 atom stereocenters. The summed E-state index contributed by atoms with van der Waals surface area (Å²) >= 11 is 0. The highest BCUT2D eigenvalue weighted by Crippen LogP contribution is 2.49. The number of carbonyl (C=O) groups is 2. The molecule has 6 nitrogen and oxygen atoms in total. The topological polar surface area (TPSA) is 65.0 Å². The molecule has 3 rings (SSSR count). The first kappa shape index (κ1) is 15.3. The Morgan fingerprint density at radius 1 is 1.45 bits per heavy atom. The Balaban J connectivity index is 1.72. The largest absolute Gasteiger partial charge is 0.338 e. The molecule has 0 radical (unpaired) electrons. The molecule has 0 unspecified atom stereocenters. The molecule has 3 amide bonds. The molecule has 0 bridgehead atoms. The van der Waals surface area contributed by atoms with Crippen LogP contribution in [0.25, 0.3) is 0 Å². The maximum Gasteiger partial charge on any atom is 0.317 e. The molecule has 22 heavy (non-hydrogen) atoms. The molecular formula is C16H26N4O2. The Hall–Kier alpha value is -1.59. The van der Waals surface area contributed by atoms with Crippen LogP contribution in [0.15, 0.2) is 4.99 Å². The maximum absolute atomic E-state index is 12.7. The van der Waals surface area contributed by atoms with Gasteiger partial charge in [0.1, 0.15) is 11.4 Å². The summed E-state index contributed by atoms with van der Waals surface area (Å²) in [6, 6.07) is -0.00208. The molecule has 1 saturated heterocycles. The number of hydrogen-bond acceptors (Lipinski definition) is 3. The van der Waals surface area contributed by atoms with Crippen molar-refractivity contribution in [3.63, 3.8) is 0 Å². The quantitative estimate of drug-likeness (QED) is 0.836. The fraction of sp³-hybridized carbons (Fsp3) is 0.812. The zero-order valence-corrected chi connectivity index (χ0v) is 13.9. The van der Waals surface area contributed by atoms with Crippen molar-refractivity contribution in [3.8, 4) is 0 Å². The predicted molar refractivity (Wildman–Crippen MR) is 84.6 cm³/mol. The van der Waals surface area contributed by atoms with E-state index in [2.05, 4.69) is 19.2 Å². The second-order valence-electron chi connectivity index (χ2n) is 7.34. The molecule has 1 aliphatic carbocycles. The van der Waals surface area contributed by atoms with Gasteiger partial charge in [-0.3, -0.25) is 9.79 Å². The molecule has 2 heterocycles. The van der Waals surface area contributed by atoms with Crippen molar-refractivity contribution in [3.05, 3.63) is 0 Å². The molecule has 2 aliphatic heterocycles. The van der Waals surface area contributed by atoms with Crippen LogP contribution in [0, 0.1) is 17.8 Å². The third-order valence-corrected chi connectivity index (χ3v) is 5.42. The zero-order valence-electron chi connectivity index (χ0n) is 13.9. The van der Waals surface area contributed by atoms with Gasteiger partial charge in [-0.1, -0.05) is 13.8 Å².